The van der Waals surface area contributed by atoms with Crippen molar-refractivity contribution in [3.8, 4) is 0 Å². The Morgan fingerprint density at radius 1 is 0.490 bits per heavy atom. The van der Waals surface area contributed by atoms with E-state index in [9.17, 15) is 9.46 Å². The van der Waals surface area contributed by atoms with E-state index < -0.39 is 13.9 Å². The third kappa shape index (κ3) is 40.6. The van der Waals surface area contributed by atoms with Crippen LogP contribution in [-0.4, -0.2) is 50.6 Å². The summed E-state index contributed by atoms with van der Waals surface area (Å²) in [5.74, 6) is 0. The van der Waals surface area contributed by atoms with E-state index in [0.717, 1.165) is 19.3 Å². The van der Waals surface area contributed by atoms with Gasteiger partial charge in [0.2, 0.25) is 0 Å². The fourth-order valence-corrected chi connectivity index (χ4v) is 7.14. The fourth-order valence-electron chi connectivity index (χ4n) is 6.39. The minimum absolute atomic E-state index is 0.0557. The molecule has 0 rings (SSSR count). The fraction of sp³-hybridized carbons (Fsp3) is 1.00. The predicted molar refractivity (Wildman–Crippen MR) is 210 cm³/mol. The molecule has 0 radical (unpaired) electrons. The molecule has 0 aromatic carbocycles. The Kier molecular flexibility index (Phi) is 39.1. The first-order valence-corrected chi connectivity index (χ1v) is 23.0. The third-order valence-corrected chi connectivity index (χ3v) is 10.6. The van der Waals surface area contributed by atoms with E-state index in [0.29, 0.717) is 19.8 Å². The molecule has 3 N–H and O–H groups in total. The van der Waals surface area contributed by atoms with Gasteiger partial charge in [0, 0.05) is 19.8 Å². The molecule has 0 heterocycles. The van der Waals surface area contributed by atoms with Crippen molar-refractivity contribution in [1.29, 1.82) is 0 Å². The Balaban J connectivity index is 3.90. The average Bonchev–Trinajstić information content (AvgIpc) is 3.11. The predicted octanol–water partition coefficient (Wildman–Crippen LogP) is 13.0. The zero-order valence-electron chi connectivity index (χ0n) is 33.9. The molecular formula is C41H86NO6P. The first-order chi connectivity index (χ1) is 24.6. The quantitative estimate of drug-likeness (QED) is 0.0477. The van der Waals surface area contributed by atoms with Crippen LogP contribution in [0.1, 0.15) is 219 Å². The summed E-state index contributed by atoms with van der Waals surface area (Å²) in [6.45, 7) is 6.18. The molecule has 0 fully saturated rings. The highest BCUT2D eigenvalue weighted by Gasteiger charge is 2.23. The first-order valence-electron chi connectivity index (χ1n) is 22.0. The molecule has 0 saturated heterocycles. The van der Waals surface area contributed by atoms with Crippen LogP contribution in [0.5, 0.6) is 0 Å². The van der Waals surface area contributed by atoms with Crippen LogP contribution in [-0.2, 0) is 23.1 Å². The monoisotopic (exact) mass is 721 g/mol. The zero-order valence-corrected chi connectivity index (χ0v) is 33.8. The average molecular weight is 721 g/mol. The van der Waals surface area contributed by atoms with Gasteiger partial charge in [0.1, 0.15) is 7.52 Å². The van der Waals surface area contributed by atoms with Crippen LogP contribution in [0.3, 0.4) is 0 Å². The van der Waals surface area contributed by atoms with Gasteiger partial charge in [-0.2, -0.15) is 0 Å². The van der Waals surface area contributed by atoms with Crippen LogP contribution in [0.4, 0.5) is 0 Å². The third-order valence-electron chi connectivity index (χ3n) is 9.58. The van der Waals surface area contributed by atoms with Crippen molar-refractivity contribution in [2.75, 3.05) is 39.6 Å². The Morgan fingerprint density at radius 2 is 0.837 bits per heavy atom. The van der Waals surface area contributed by atoms with Crippen LogP contribution in [0, 0.1) is 0 Å². The summed E-state index contributed by atoms with van der Waals surface area (Å²) in [5.41, 5.74) is 2.15. The van der Waals surface area contributed by atoms with Crippen LogP contribution >= 0.6 is 7.82 Å². The van der Waals surface area contributed by atoms with Crippen molar-refractivity contribution in [3.63, 3.8) is 0 Å². The lowest BCUT2D eigenvalue weighted by molar-refractivity contribution is -0.0443. The normalized spacial score (nSPS) is 13.9. The van der Waals surface area contributed by atoms with Crippen molar-refractivity contribution < 1.29 is 29.4 Å². The van der Waals surface area contributed by atoms with Crippen molar-refractivity contribution >= 4 is 7.82 Å². The van der Waals surface area contributed by atoms with Gasteiger partial charge in [-0.15, -0.1) is 0 Å². The zero-order chi connectivity index (χ0) is 36.5. The Labute approximate surface area is 307 Å². The van der Waals surface area contributed by atoms with E-state index >= 15 is 0 Å². The van der Waals surface area contributed by atoms with Crippen LogP contribution in [0.25, 0.3) is 0 Å². The highest BCUT2D eigenvalue weighted by molar-refractivity contribution is 7.47. The van der Waals surface area contributed by atoms with Gasteiger partial charge < -0.3 is 20.1 Å². The van der Waals surface area contributed by atoms with Crippen molar-refractivity contribution in [1.82, 2.24) is 0 Å². The smallest absolute Gasteiger partial charge is 0.379 e. The van der Waals surface area contributed by atoms with E-state index in [1.54, 1.807) is 0 Å². The van der Waals surface area contributed by atoms with Gasteiger partial charge in [0.25, 0.3) is 0 Å². The number of hydrogen-bond donors (Lipinski definition) is 2. The topological polar surface area (TPSA) is 100 Å². The van der Waals surface area contributed by atoms with E-state index in [1.165, 1.54) is 186 Å². The van der Waals surface area contributed by atoms with Gasteiger partial charge >= 0.3 is 7.82 Å². The molecule has 1 unspecified atom stereocenters. The molecule has 0 amide bonds. The molecule has 0 aliphatic rings. The number of ether oxygens (including phenoxy) is 2. The molecule has 0 aliphatic carbocycles. The van der Waals surface area contributed by atoms with Gasteiger partial charge in [-0.3, -0.25) is 9.05 Å². The number of rotatable bonds is 44. The second kappa shape index (κ2) is 40.8. The number of hydrogen-bond acceptors (Lipinski definition) is 6. The Hall–Kier alpha value is -0.0100. The maximum atomic E-state index is 12.2. The first kappa shape index (κ1) is 47.0. The number of phosphoric acid groups is 1. The summed E-state index contributed by atoms with van der Waals surface area (Å²) >= 11 is 0. The second-order valence-corrected chi connectivity index (χ2v) is 16.0. The maximum absolute atomic E-state index is 12.2. The summed E-state index contributed by atoms with van der Waals surface area (Å²) < 4.78 is 41.2. The molecular weight excluding hydrogens is 633 g/mol. The summed E-state index contributed by atoms with van der Waals surface area (Å²) in [6.07, 6.45) is 42.3. The SMILES string of the molecule is [2H]NCCOP(=O)(O)OC[C@@H](COCCCCCCCCCCCCCCCCCC)OCCCCCCCCCCCCCCCCCC. The molecule has 296 valence electrons. The highest BCUT2D eigenvalue weighted by atomic mass is 31.2. The van der Waals surface area contributed by atoms with Gasteiger partial charge in [-0.1, -0.05) is 206 Å². The Bertz CT molecular complexity index is 691. The van der Waals surface area contributed by atoms with Gasteiger partial charge in [0.15, 0.2) is 0 Å². The van der Waals surface area contributed by atoms with E-state index in [-0.39, 0.29) is 19.8 Å². The molecule has 0 aromatic rings. The lowest BCUT2D eigenvalue weighted by Gasteiger charge is -2.20. The molecule has 49 heavy (non-hydrogen) atoms. The minimum atomic E-state index is -4.19. The molecule has 0 saturated carbocycles. The highest BCUT2D eigenvalue weighted by Crippen LogP contribution is 2.43. The van der Waals surface area contributed by atoms with Crippen molar-refractivity contribution in [3.05, 3.63) is 0 Å². The Morgan fingerprint density at radius 3 is 1.20 bits per heavy atom. The number of phosphoric ester groups is 1. The van der Waals surface area contributed by atoms with Gasteiger partial charge in [-0.05, 0) is 12.8 Å². The van der Waals surface area contributed by atoms with E-state index in [2.05, 4.69) is 19.6 Å². The molecule has 0 aromatic heterocycles. The summed E-state index contributed by atoms with van der Waals surface area (Å²) in [5, 5.41) is 0. The standard InChI is InChI=1S/C41H86NO6P/c1-3-5-7-9-11-13-15-17-19-21-23-25-27-29-31-33-36-45-39-41(40-48-49(43,44)47-38-35-42)46-37-34-32-30-28-26-24-22-20-18-16-14-12-10-8-6-4-2/h41H,3-40,42H2,1-2H3,(H,43,44)/t41-/m1/s1/i/hD. The van der Waals surface area contributed by atoms with E-state index in [4.69, 9.17) is 19.9 Å². The molecule has 2 atom stereocenters. The van der Waals surface area contributed by atoms with Crippen molar-refractivity contribution in [2.45, 2.75) is 225 Å². The van der Waals surface area contributed by atoms with E-state index in [1.807, 2.05) is 0 Å². The molecule has 0 aliphatic heterocycles. The van der Waals surface area contributed by atoms with Gasteiger partial charge in [0.05, 0.1) is 19.8 Å². The second-order valence-electron chi connectivity index (χ2n) is 14.5. The number of nitrogens with two attached hydrogens (primary N) is 1. The number of unbranched alkanes of at least 4 members (excludes halogenated alkanes) is 30. The lowest BCUT2D eigenvalue weighted by Crippen LogP contribution is -2.26. The molecule has 0 bridgehead atoms. The molecule has 8 heteroatoms. The largest absolute Gasteiger partial charge is 0.472 e. The lowest BCUT2D eigenvalue weighted by atomic mass is 10.0. The maximum Gasteiger partial charge on any atom is 0.472 e. The van der Waals surface area contributed by atoms with Crippen LogP contribution in [0.2, 0.25) is 1.41 Å². The van der Waals surface area contributed by atoms with Crippen molar-refractivity contribution in [2.24, 2.45) is 5.73 Å². The van der Waals surface area contributed by atoms with Crippen LogP contribution in [0.15, 0.2) is 0 Å². The summed E-state index contributed by atoms with van der Waals surface area (Å²) in [7, 11) is -4.19. The van der Waals surface area contributed by atoms with Crippen LogP contribution < -0.4 is 5.73 Å². The minimum Gasteiger partial charge on any atom is -0.379 e. The molecule has 7 nitrogen and oxygen atoms in total. The summed E-state index contributed by atoms with van der Waals surface area (Å²) in [4.78, 5) is 9.96. The van der Waals surface area contributed by atoms with Gasteiger partial charge in [-0.25, -0.2) is 4.57 Å². The summed E-state index contributed by atoms with van der Waals surface area (Å²) in [6, 6.07) is 0. The molecule has 0 spiro atoms.